The molecular formula is C25H22N4O4. The molecule has 4 aromatic rings. The maximum absolute atomic E-state index is 13.2. The van der Waals surface area contributed by atoms with Gasteiger partial charge in [0.05, 0.1) is 11.4 Å². The number of oxazole rings is 1. The van der Waals surface area contributed by atoms with Gasteiger partial charge in [0.2, 0.25) is 5.91 Å². The van der Waals surface area contributed by atoms with Gasteiger partial charge in [-0.25, -0.2) is 4.79 Å². The summed E-state index contributed by atoms with van der Waals surface area (Å²) in [6, 6.07) is 16.8. The van der Waals surface area contributed by atoms with Crippen molar-refractivity contribution in [3.8, 4) is 11.1 Å². The van der Waals surface area contributed by atoms with Crippen LogP contribution >= 0.6 is 0 Å². The molecule has 1 aliphatic heterocycles. The number of carbonyl (C=O) groups is 2. The zero-order chi connectivity index (χ0) is 22.8. The summed E-state index contributed by atoms with van der Waals surface area (Å²) < 4.78 is 5.01. The van der Waals surface area contributed by atoms with Crippen LogP contribution in [-0.4, -0.2) is 46.3 Å². The number of nitrogens with one attached hydrogen (secondary N) is 2. The summed E-state index contributed by atoms with van der Waals surface area (Å²) in [5, 5.41) is 2.92. The number of benzene rings is 2. The van der Waals surface area contributed by atoms with E-state index in [1.807, 2.05) is 42.6 Å². The Morgan fingerprint density at radius 2 is 1.94 bits per heavy atom. The van der Waals surface area contributed by atoms with Gasteiger partial charge in [-0.1, -0.05) is 30.3 Å². The van der Waals surface area contributed by atoms with Crippen molar-refractivity contribution in [2.75, 3.05) is 19.6 Å². The van der Waals surface area contributed by atoms with Gasteiger partial charge in [0.25, 0.3) is 5.91 Å². The zero-order valence-corrected chi connectivity index (χ0v) is 17.8. The van der Waals surface area contributed by atoms with Gasteiger partial charge in [-0.3, -0.25) is 19.6 Å². The third-order valence-electron chi connectivity index (χ3n) is 5.88. The van der Waals surface area contributed by atoms with Crippen molar-refractivity contribution in [2.45, 2.75) is 6.42 Å². The minimum Gasteiger partial charge on any atom is -0.408 e. The lowest BCUT2D eigenvalue weighted by atomic mass is 9.96. The summed E-state index contributed by atoms with van der Waals surface area (Å²) in [6.45, 7) is 1.13. The Morgan fingerprint density at radius 1 is 1.09 bits per heavy atom. The first-order valence-electron chi connectivity index (χ1n) is 10.8. The molecule has 1 fully saturated rings. The Balaban J connectivity index is 1.32. The van der Waals surface area contributed by atoms with Crippen molar-refractivity contribution in [2.24, 2.45) is 5.92 Å². The highest BCUT2D eigenvalue weighted by Gasteiger charge is 2.28. The molecule has 1 aliphatic rings. The first-order chi connectivity index (χ1) is 16.1. The van der Waals surface area contributed by atoms with E-state index in [9.17, 15) is 14.4 Å². The highest BCUT2D eigenvalue weighted by molar-refractivity contribution is 5.97. The number of nitrogens with zero attached hydrogens (tertiary/aromatic N) is 2. The van der Waals surface area contributed by atoms with E-state index in [2.05, 4.69) is 15.3 Å². The molecule has 2 aromatic carbocycles. The van der Waals surface area contributed by atoms with E-state index >= 15 is 0 Å². The third kappa shape index (κ3) is 4.41. The number of amides is 2. The predicted octanol–water partition coefficient (Wildman–Crippen LogP) is 2.61. The van der Waals surface area contributed by atoms with Crippen molar-refractivity contribution in [3.05, 3.63) is 88.7 Å². The zero-order valence-electron chi connectivity index (χ0n) is 17.8. The molecule has 0 radical (unpaired) electrons. The molecule has 1 atom stereocenters. The van der Waals surface area contributed by atoms with Gasteiger partial charge in [-0.2, -0.15) is 0 Å². The number of rotatable bonds is 4. The van der Waals surface area contributed by atoms with E-state index in [0.717, 1.165) is 16.7 Å². The van der Waals surface area contributed by atoms with Crippen molar-refractivity contribution in [3.63, 3.8) is 0 Å². The van der Waals surface area contributed by atoms with Crippen LogP contribution in [0, 0.1) is 5.92 Å². The fourth-order valence-electron chi connectivity index (χ4n) is 4.16. The van der Waals surface area contributed by atoms with Gasteiger partial charge in [0.15, 0.2) is 5.58 Å². The molecule has 2 amide bonds. The van der Waals surface area contributed by atoms with Gasteiger partial charge in [0.1, 0.15) is 0 Å². The second-order valence-corrected chi connectivity index (χ2v) is 8.11. The average Bonchev–Trinajstić information content (AvgIpc) is 3.12. The largest absolute Gasteiger partial charge is 0.417 e. The van der Waals surface area contributed by atoms with Crippen molar-refractivity contribution in [1.82, 2.24) is 20.2 Å². The summed E-state index contributed by atoms with van der Waals surface area (Å²) in [5.41, 5.74) is 4.42. The number of fused-ring (bicyclic) bond motifs is 1. The normalized spacial score (nSPS) is 16.4. The lowest BCUT2D eigenvalue weighted by Crippen LogP contribution is -2.37. The first-order valence-corrected chi connectivity index (χ1v) is 10.8. The molecule has 33 heavy (non-hydrogen) atoms. The average molecular weight is 442 g/mol. The SMILES string of the molecule is O=C1NCCN(C(=O)c2ccc3oc(=O)[nH]c3c2)C[C@H]1Cc1ccc(-c2cccnc2)cc1. The summed E-state index contributed by atoms with van der Waals surface area (Å²) >= 11 is 0. The van der Waals surface area contributed by atoms with Crippen LogP contribution in [0.3, 0.4) is 0 Å². The highest BCUT2D eigenvalue weighted by Crippen LogP contribution is 2.21. The van der Waals surface area contributed by atoms with Gasteiger partial charge in [-0.15, -0.1) is 0 Å². The Hall–Kier alpha value is -4.20. The number of pyridine rings is 1. The Morgan fingerprint density at radius 3 is 2.73 bits per heavy atom. The molecule has 0 spiro atoms. The summed E-state index contributed by atoms with van der Waals surface area (Å²) in [6.07, 6.45) is 4.08. The molecule has 166 valence electrons. The van der Waals surface area contributed by atoms with Crippen LogP contribution in [0.1, 0.15) is 15.9 Å². The van der Waals surface area contributed by atoms with E-state index in [1.165, 1.54) is 0 Å². The molecule has 0 bridgehead atoms. The van der Waals surface area contributed by atoms with Crippen LogP contribution in [0.15, 0.2) is 76.2 Å². The molecule has 3 heterocycles. The predicted molar refractivity (Wildman–Crippen MR) is 123 cm³/mol. The van der Waals surface area contributed by atoms with E-state index in [-0.39, 0.29) is 17.7 Å². The van der Waals surface area contributed by atoms with Crippen LogP contribution in [0.5, 0.6) is 0 Å². The molecule has 2 aromatic heterocycles. The standard InChI is InChI=1S/C25H22N4O4/c30-23-20(12-16-3-5-17(6-4-16)19-2-1-9-26-14-19)15-29(11-10-27-23)24(31)18-7-8-22-21(13-18)28-25(32)33-22/h1-9,13-14,20H,10-12,15H2,(H,27,30)(H,28,32)/t20-/m1/s1. The lowest BCUT2D eigenvalue weighted by Gasteiger charge is -2.23. The fraction of sp³-hybridized carbons (Fsp3) is 0.200. The van der Waals surface area contributed by atoms with Crippen LogP contribution < -0.4 is 11.1 Å². The monoisotopic (exact) mass is 442 g/mol. The molecule has 0 aliphatic carbocycles. The van der Waals surface area contributed by atoms with Gasteiger partial charge >= 0.3 is 5.76 Å². The molecule has 0 unspecified atom stereocenters. The number of aromatic nitrogens is 2. The molecule has 5 rings (SSSR count). The van der Waals surface area contributed by atoms with Gasteiger partial charge in [-0.05, 0) is 47.4 Å². The number of carbonyl (C=O) groups excluding carboxylic acids is 2. The summed E-state index contributed by atoms with van der Waals surface area (Å²) in [4.78, 5) is 45.7. The van der Waals surface area contributed by atoms with Crippen LogP contribution in [-0.2, 0) is 11.2 Å². The van der Waals surface area contributed by atoms with Gasteiger partial charge < -0.3 is 14.6 Å². The minimum absolute atomic E-state index is 0.0590. The third-order valence-corrected chi connectivity index (χ3v) is 5.88. The summed E-state index contributed by atoms with van der Waals surface area (Å²) in [5.74, 6) is -1.17. The van der Waals surface area contributed by atoms with Crippen LogP contribution in [0.2, 0.25) is 0 Å². The maximum atomic E-state index is 13.2. The smallest absolute Gasteiger partial charge is 0.408 e. The van der Waals surface area contributed by atoms with Crippen LogP contribution in [0.4, 0.5) is 0 Å². The maximum Gasteiger partial charge on any atom is 0.417 e. The minimum atomic E-state index is -0.561. The molecule has 8 heteroatoms. The Bertz CT molecular complexity index is 1360. The van der Waals surface area contributed by atoms with E-state index in [0.29, 0.717) is 42.7 Å². The second kappa shape index (κ2) is 8.74. The topological polar surface area (TPSA) is 108 Å². The molecule has 1 saturated heterocycles. The van der Waals surface area contributed by atoms with E-state index in [4.69, 9.17) is 4.42 Å². The van der Waals surface area contributed by atoms with Gasteiger partial charge in [0, 0.05) is 37.6 Å². The van der Waals surface area contributed by atoms with E-state index in [1.54, 1.807) is 29.3 Å². The van der Waals surface area contributed by atoms with Crippen molar-refractivity contribution >= 4 is 22.9 Å². The second-order valence-electron chi connectivity index (χ2n) is 8.11. The fourth-order valence-corrected chi connectivity index (χ4v) is 4.16. The molecule has 2 N–H and O–H groups in total. The first kappa shape index (κ1) is 20.7. The Kier molecular flexibility index (Phi) is 5.48. The quantitative estimate of drug-likeness (QED) is 0.505. The number of hydrogen-bond donors (Lipinski definition) is 2. The lowest BCUT2D eigenvalue weighted by molar-refractivity contribution is -0.124. The number of H-pyrrole nitrogens is 1. The number of hydrogen-bond acceptors (Lipinski definition) is 5. The van der Waals surface area contributed by atoms with Crippen molar-refractivity contribution < 1.29 is 14.0 Å². The molecule has 0 saturated carbocycles. The summed E-state index contributed by atoms with van der Waals surface area (Å²) in [7, 11) is 0. The van der Waals surface area contributed by atoms with Crippen molar-refractivity contribution in [1.29, 1.82) is 0 Å². The highest BCUT2D eigenvalue weighted by atomic mass is 16.4. The number of aromatic amines is 1. The molecule has 8 nitrogen and oxygen atoms in total. The van der Waals surface area contributed by atoms with E-state index < -0.39 is 5.76 Å². The molecular weight excluding hydrogens is 420 g/mol. The Labute approximate surface area is 189 Å². The van der Waals surface area contributed by atoms with Crippen LogP contribution in [0.25, 0.3) is 22.2 Å².